The molecule has 0 N–H and O–H groups in total. The maximum absolute atomic E-state index is 13.5. The lowest BCUT2D eigenvalue weighted by Crippen LogP contribution is -2.24. The molecular formula is C22H19FN4O2. The SMILES string of the molecule is CC(C)c1nn2c3c(nnc2c1-c1ccc(F)cc1)C(=O)C[C@H](c1ccco1)C3. The molecule has 1 aliphatic rings. The maximum Gasteiger partial charge on any atom is 0.185 e. The molecule has 146 valence electrons. The first-order valence-electron chi connectivity index (χ1n) is 9.63. The van der Waals surface area contributed by atoms with E-state index in [0.29, 0.717) is 24.2 Å². The highest BCUT2D eigenvalue weighted by molar-refractivity contribution is 5.97. The van der Waals surface area contributed by atoms with Gasteiger partial charge in [0.1, 0.15) is 11.6 Å². The van der Waals surface area contributed by atoms with E-state index >= 15 is 0 Å². The molecule has 1 aromatic carbocycles. The fraction of sp³-hybridized carbons (Fsp3) is 0.273. The standard InChI is InChI=1S/C22H19FN4O2/c1-12(2)20-19(13-5-7-15(23)8-6-13)22-25-24-21-16(27(22)26-20)10-14(11-17(21)28)18-4-3-9-29-18/h3-9,12,14H,10-11H2,1-2H3/t14-/m1/s1. The summed E-state index contributed by atoms with van der Waals surface area (Å²) in [5, 5.41) is 13.4. The van der Waals surface area contributed by atoms with E-state index in [-0.39, 0.29) is 23.4 Å². The largest absolute Gasteiger partial charge is 0.469 e. The van der Waals surface area contributed by atoms with Gasteiger partial charge in [-0.15, -0.1) is 10.2 Å². The lowest BCUT2D eigenvalue weighted by Gasteiger charge is -2.21. The van der Waals surface area contributed by atoms with Gasteiger partial charge in [0.05, 0.1) is 23.2 Å². The van der Waals surface area contributed by atoms with Crippen molar-refractivity contribution in [2.45, 2.75) is 38.5 Å². The first kappa shape index (κ1) is 17.7. The van der Waals surface area contributed by atoms with Crippen LogP contribution >= 0.6 is 0 Å². The van der Waals surface area contributed by atoms with Crippen molar-refractivity contribution in [2.24, 2.45) is 0 Å². The van der Waals surface area contributed by atoms with E-state index in [9.17, 15) is 9.18 Å². The Labute approximate surface area is 166 Å². The van der Waals surface area contributed by atoms with Crippen molar-refractivity contribution < 1.29 is 13.6 Å². The minimum Gasteiger partial charge on any atom is -0.469 e. The summed E-state index contributed by atoms with van der Waals surface area (Å²) in [4.78, 5) is 12.7. The van der Waals surface area contributed by atoms with Crippen molar-refractivity contribution in [3.05, 3.63) is 71.3 Å². The van der Waals surface area contributed by atoms with Crippen molar-refractivity contribution in [1.82, 2.24) is 19.8 Å². The number of fused-ring (bicyclic) bond motifs is 3. The van der Waals surface area contributed by atoms with Crippen molar-refractivity contribution in [2.75, 3.05) is 0 Å². The van der Waals surface area contributed by atoms with Gasteiger partial charge < -0.3 is 4.42 Å². The lowest BCUT2D eigenvalue weighted by atomic mass is 9.87. The number of ketones is 1. The summed E-state index contributed by atoms with van der Waals surface area (Å²) >= 11 is 0. The molecule has 3 heterocycles. The Balaban J connectivity index is 1.73. The monoisotopic (exact) mass is 390 g/mol. The second kappa shape index (κ2) is 6.62. The van der Waals surface area contributed by atoms with Crippen LogP contribution in [0.15, 0.2) is 47.1 Å². The number of benzene rings is 1. The molecule has 0 saturated heterocycles. The van der Waals surface area contributed by atoms with Gasteiger partial charge in [0.2, 0.25) is 0 Å². The molecule has 5 rings (SSSR count). The first-order chi connectivity index (χ1) is 14.0. The van der Waals surface area contributed by atoms with Crippen molar-refractivity contribution >= 4 is 11.4 Å². The fourth-order valence-electron chi connectivity index (χ4n) is 4.01. The molecule has 0 bridgehead atoms. The Morgan fingerprint density at radius 1 is 1.14 bits per heavy atom. The third-order valence-corrected chi connectivity index (χ3v) is 5.42. The van der Waals surface area contributed by atoms with Gasteiger partial charge in [0.15, 0.2) is 17.1 Å². The number of rotatable bonds is 3. The summed E-state index contributed by atoms with van der Waals surface area (Å²) < 4.78 is 20.7. The Hall–Kier alpha value is -3.35. The highest BCUT2D eigenvalue weighted by Crippen LogP contribution is 2.36. The van der Waals surface area contributed by atoms with Gasteiger partial charge in [-0.2, -0.15) is 5.10 Å². The molecule has 1 atom stereocenters. The van der Waals surface area contributed by atoms with E-state index in [4.69, 9.17) is 9.52 Å². The summed E-state index contributed by atoms with van der Waals surface area (Å²) in [5.41, 5.74) is 4.16. The first-order valence-corrected chi connectivity index (χ1v) is 9.63. The van der Waals surface area contributed by atoms with Crippen LogP contribution in [0.1, 0.15) is 59.7 Å². The van der Waals surface area contributed by atoms with Gasteiger partial charge in [-0.25, -0.2) is 8.91 Å². The minimum absolute atomic E-state index is 0.0571. The molecule has 1 aliphatic carbocycles. The number of Topliss-reactive ketones (excluding diaryl/α,β-unsaturated/α-hetero) is 1. The molecule has 0 amide bonds. The van der Waals surface area contributed by atoms with Crippen molar-refractivity contribution in [1.29, 1.82) is 0 Å². The van der Waals surface area contributed by atoms with Crippen LogP contribution in [-0.2, 0) is 6.42 Å². The zero-order valence-electron chi connectivity index (χ0n) is 16.1. The van der Waals surface area contributed by atoms with Crippen LogP contribution in [0.2, 0.25) is 0 Å². The number of furan rings is 1. The number of hydrogen-bond acceptors (Lipinski definition) is 5. The molecular weight excluding hydrogens is 371 g/mol. The molecule has 0 aliphatic heterocycles. The lowest BCUT2D eigenvalue weighted by molar-refractivity contribution is 0.0951. The number of nitrogens with zero attached hydrogens (tertiary/aromatic N) is 4. The zero-order valence-corrected chi connectivity index (χ0v) is 16.1. The predicted octanol–water partition coefficient (Wildman–Crippen LogP) is 4.56. The number of carbonyl (C=O) groups is 1. The van der Waals surface area contributed by atoms with Crippen LogP contribution in [0.4, 0.5) is 4.39 Å². The zero-order chi connectivity index (χ0) is 20.1. The molecule has 7 heteroatoms. The highest BCUT2D eigenvalue weighted by Gasteiger charge is 2.33. The molecule has 29 heavy (non-hydrogen) atoms. The van der Waals surface area contributed by atoms with Gasteiger partial charge in [0, 0.05) is 18.8 Å². The number of hydrogen-bond donors (Lipinski definition) is 0. The van der Waals surface area contributed by atoms with E-state index in [0.717, 1.165) is 28.3 Å². The molecule has 0 radical (unpaired) electrons. The predicted molar refractivity (Wildman–Crippen MR) is 104 cm³/mol. The number of halogens is 1. The smallest absolute Gasteiger partial charge is 0.185 e. The van der Waals surface area contributed by atoms with Crippen molar-refractivity contribution in [3.8, 4) is 11.1 Å². The Bertz CT molecular complexity index is 1210. The molecule has 0 fully saturated rings. The second-order valence-electron chi connectivity index (χ2n) is 7.70. The van der Waals surface area contributed by atoms with Crippen LogP contribution in [0.3, 0.4) is 0 Å². The van der Waals surface area contributed by atoms with E-state index in [1.165, 1.54) is 12.1 Å². The minimum atomic E-state index is -0.299. The number of carbonyl (C=O) groups excluding carboxylic acids is 1. The Kier molecular flexibility index (Phi) is 4.04. The molecule has 4 aromatic rings. The van der Waals surface area contributed by atoms with Crippen LogP contribution in [0, 0.1) is 5.82 Å². The number of aromatic nitrogens is 4. The van der Waals surface area contributed by atoms with Crippen LogP contribution < -0.4 is 0 Å². The maximum atomic E-state index is 13.5. The van der Waals surface area contributed by atoms with Crippen LogP contribution in [0.5, 0.6) is 0 Å². The van der Waals surface area contributed by atoms with Gasteiger partial charge >= 0.3 is 0 Å². The van der Waals surface area contributed by atoms with Gasteiger partial charge in [-0.05, 0) is 35.7 Å². The summed E-state index contributed by atoms with van der Waals surface area (Å²) in [6, 6.07) is 10.00. The third-order valence-electron chi connectivity index (χ3n) is 5.42. The van der Waals surface area contributed by atoms with Gasteiger partial charge in [-0.3, -0.25) is 4.79 Å². The van der Waals surface area contributed by atoms with E-state index < -0.39 is 0 Å². The van der Waals surface area contributed by atoms with Crippen LogP contribution in [0.25, 0.3) is 16.8 Å². The Morgan fingerprint density at radius 2 is 1.93 bits per heavy atom. The topological polar surface area (TPSA) is 73.3 Å². The summed E-state index contributed by atoms with van der Waals surface area (Å²) in [5.74, 6) is 0.480. The fourth-order valence-corrected chi connectivity index (χ4v) is 4.01. The van der Waals surface area contributed by atoms with Gasteiger partial charge in [-0.1, -0.05) is 26.0 Å². The van der Waals surface area contributed by atoms with E-state index in [1.807, 2.05) is 26.0 Å². The molecule has 3 aromatic heterocycles. The Morgan fingerprint density at radius 3 is 2.62 bits per heavy atom. The second-order valence-corrected chi connectivity index (χ2v) is 7.70. The summed E-state index contributed by atoms with van der Waals surface area (Å²) in [6.07, 6.45) is 2.54. The average Bonchev–Trinajstić information content (AvgIpc) is 3.36. The van der Waals surface area contributed by atoms with E-state index in [1.54, 1.807) is 22.9 Å². The quantitative estimate of drug-likeness (QED) is 0.513. The van der Waals surface area contributed by atoms with Crippen molar-refractivity contribution in [3.63, 3.8) is 0 Å². The highest BCUT2D eigenvalue weighted by atomic mass is 19.1. The van der Waals surface area contributed by atoms with E-state index in [2.05, 4.69) is 10.2 Å². The average molecular weight is 390 g/mol. The molecule has 6 nitrogen and oxygen atoms in total. The van der Waals surface area contributed by atoms with Gasteiger partial charge in [0.25, 0.3) is 0 Å². The summed E-state index contributed by atoms with van der Waals surface area (Å²) in [7, 11) is 0. The molecule has 0 unspecified atom stereocenters. The third kappa shape index (κ3) is 2.85. The summed E-state index contributed by atoms with van der Waals surface area (Å²) in [6.45, 7) is 4.09. The normalized spacial score (nSPS) is 16.6. The molecule has 0 saturated carbocycles. The van der Waals surface area contributed by atoms with Crippen LogP contribution in [-0.4, -0.2) is 25.6 Å². The molecule has 0 spiro atoms.